The van der Waals surface area contributed by atoms with Crippen molar-refractivity contribution in [1.29, 1.82) is 0 Å². The Hall–Kier alpha value is -2.37. The fraction of sp³-hybridized carbons (Fsp3) is 0.438. The smallest absolute Gasteiger partial charge is 0.326 e. The quantitative estimate of drug-likeness (QED) is 0.858. The molecule has 118 valence electrons. The van der Waals surface area contributed by atoms with Gasteiger partial charge in [-0.3, -0.25) is 9.20 Å². The maximum atomic E-state index is 12.5. The number of hydrogen-bond donors (Lipinski definition) is 2. The Bertz CT molecular complexity index is 706. The second kappa shape index (κ2) is 6.60. The maximum Gasteiger partial charge on any atom is 0.326 e. The minimum atomic E-state index is -1.01. The van der Waals surface area contributed by atoms with Crippen LogP contribution in [0.3, 0.4) is 0 Å². The predicted octanol–water partition coefficient (Wildman–Crippen LogP) is 2.32. The van der Waals surface area contributed by atoms with E-state index in [2.05, 4.69) is 10.3 Å². The molecule has 0 aliphatic heterocycles. The molecular weight excluding hydrogens is 282 g/mol. The van der Waals surface area contributed by atoms with Crippen molar-refractivity contribution < 1.29 is 14.7 Å². The van der Waals surface area contributed by atoms with Gasteiger partial charge in [0.2, 0.25) is 0 Å². The molecule has 0 fully saturated rings. The Morgan fingerprint density at radius 2 is 2.09 bits per heavy atom. The molecule has 0 saturated carbocycles. The summed E-state index contributed by atoms with van der Waals surface area (Å²) in [7, 11) is 0. The van der Waals surface area contributed by atoms with Crippen molar-refractivity contribution in [3.8, 4) is 0 Å². The summed E-state index contributed by atoms with van der Waals surface area (Å²) in [6.07, 6.45) is 3.88. The van der Waals surface area contributed by atoms with Crippen LogP contribution in [-0.2, 0) is 4.79 Å². The first-order chi connectivity index (χ1) is 10.4. The van der Waals surface area contributed by atoms with E-state index >= 15 is 0 Å². The van der Waals surface area contributed by atoms with Gasteiger partial charge in [-0.1, -0.05) is 25.8 Å². The third-order valence-electron chi connectivity index (χ3n) is 3.61. The van der Waals surface area contributed by atoms with E-state index < -0.39 is 17.9 Å². The third-order valence-corrected chi connectivity index (χ3v) is 3.61. The number of nitrogens with zero attached hydrogens (tertiary/aromatic N) is 2. The fourth-order valence-corrected chi connectivity index (χ4v) is 2.43. The molecule has 0 radical (unpaired) electrons. The van der Waals surface area contributed by atoms with Crippen molar-refractivity contribution in [2.24, 2.45) is 0 Å². The molecule has 22 heavy (non-hydrogen) atoms. The molecule has 1 amide bonds. The van der Waals surface area contributed by atoms with Crippen molar-refractivity contribution in [2.75, 3.05) is 0 Å². The van der Waals surface area contributed by atoms with E-state index in [-0.39, 0.29) is 0 Å². The van der Waals surface area contributed by atoms with Crippen molar-refractivity contribution in [2.45, 2.75) is 46.1 Å². The number of imidazole rings is 1. The number of pyridine rings is 1. The van der Waals surface area contributed by atoms with Gasteiger partial charge in [0.05, 0.1) is 5.69 Å². The normalized spacial score (nSPS) is 12.3. The van der Waals surface area contributed by atoms with E-state index in [1.807, 2.05) is 32.2 Å². The Morgan fingerprint density at radius 3 is 2.73 bits per heavy atom. The summed E-state index contributed by atoms with van der Waals surface area (Å²) in [5.41, 5.74) is 2.65. The summed E-state index contributed by atoms with van der Waals surface area (Å²) < 4.78 is 1.71. The highest BCUT2D eigenvalue weighted by Gasteiger charge is 2.23. The zero-order valence-electron chi connectivity index (χ0n) is 13.1. The highest BCUT2D eigenvalue weighted by atomic mass is 16.4. The summed E-state index contributed by atoms with van der Waals surface area (Å²) in [4.78, 5) is 28.1. The van der Waals surface area contributed by atoms with Gasteiger partial charge in [0.25, 0.3) is 5.91 Å². The Kier molecular flexibility index (Phi) is 4.80. The first-order valence-corrected chi connectivity index (χ1v) is 7.43. The molecule has 0 bridgehead atoms. The number of carboxylic acid groups (broad SMARTS) is 1. The molecule has 2 N–H and O–H groups in total. The van der Waals surface area contributed by atoms with E-state index in [0.717, 1.165) is 18.4 Å². The number of hydrogen-bond acceptors (Lipinski definition) is 3. The Labute approximate surface area is 129 Å². The number of aryl methyl sites for hydroxylation is 2. The van der Waals surface area contributed by atoms with Gasteiger partial charge >= 0.3 is 5.97 Å². The average Bonchev–Trinajstić information content (AvgIpc) is 2.78. The molecule has 0 aromatic carbocycles. The first-order valence-electron chi connectivity index (χ1n) is 7.43. The van der Waals surface area contributed by atoms with Crippen LogP contribution < -0.4 is 5.32 Å². The molecule has 2 rings (SSSR count). The zero-order valence-corrected chi connectivity index (χ0v) is 13.1. The summed E-state index contributed by atoms with van der Waals surface area (Å²) in [6, 6.07) is 2.89. The third kappa shape index (κ3) is 3.27. The van der Waals surface area contributed by atoms with Gasteiger partial charge in [-0.15, -0.1) is 0 Å². The number of aliphatic carboxylic acids is 1. The molecule has 2 aromatic rings. The van der Waals surface area contributed by atoms with Crippen LogP contribution in [0.2, 0.25) is 0 Å². The number of carboxylic acids is 1. The number of carbonyl (C=O) groups excluding carboxylic acids is 1. The van der Waals surface area contributed by atoms with Crippen LogP contribution in [0.5, 0.6) is 0 Å². The van der Waals surface area contributed by atoms with Gasteiger partial charge in [-0.25, -0.2) is 9.78 Å². The van der Waals surface area contributed by atoms with Crippen LogP contribution in [0.15, 0.2) is 18.3 Å². The van der Waals surface area contributed by atoms with E-state index in [1.54, 1.807) is 11.3 Å². The summed E-state index contributed by atoms with van der Waals surface area (Å²) in [5, 5.41) is 11.8. The predicted molar refractivity (Wildman–Crippen MR) is 83.1 cm³/mol. The fourth-order valence-electron chi connectivity index (χ4n) is 2.43. The molecule has 0 aliphatic rings. The highest BCUT2D eigenvalue weighted by Crippen LogP contribution is 2.14. The number of amides is 1. The zero-order chi connectivity index (χ0) is 16.3. The number of rotatable bonds is 6. The topological polar surface area (TPSA) is 83.7 Å². The SMILES string of the molecule is CCCCC(NC(=O)c1c(C)nc2ccc(C)cn12)C(=O)O. The lowest BCUT2D eigenvalue weighted by molar-refractivity contribution is -0.139. The molecule has 0 saturated heterocycles. The Morgan fingerprint density at radius 1 is 1.36 bits per heavy atom. The molecule has 2 aromatic heterocycles. The average molecular weight is 303 g/mol. The van der Waals surface area contributed by atoms with Gasteiger partial charge in [0.1, 0.15) is 17.4 Å². The summed E-state index contributed by atoms with van der Waals surface area (Å²) in [5.74, 6) is -1.41. The van der Waals surface area contributed by atoms with Crippen LogP contribution in [-0.4, -0.2) is 32.4 Å². The summed E-state index contributed by atoms with van der Waals surface area (Å²) in [6.45, 7) is 5.66. The first kappa shape index (κ1) is 16.0. The van der Waals surface area contributed by atoms with Crippen LogP contribution in [0.4, 0.5) is 0 Å². The number of unbranched alkanes of at least 4 members (excludes halogenated alkanes) is 1. The van der Waals surface area contributed by atoms with E-state index in [4.69, 9.17) is 0 Å². The van der Waals surface area contributed by atoms with Crippen molar-refractivity contribution in [3.05, 3.63) is 35.3 Å². The van der Waals surface area contributed by atoms with Crippen molar-refractivity contribution in [3.63, 3.8) is 0 Å². The monoisotopic (exact) mass is 303 g/mol. The molecule has 1 unspecified atom stereocenters. The second-order valence-corrected chi connectivity index (χ2v) is 5.49. The van der Waals surface area contributed by atoms with E-state index in [1.165, 1.54) is 0 Å². The number of aromatic nitrogens is 2. The number of nitrogens with one attached hydrogen (secondary N) is 1. The molecule has 0 aliphatic carbocycles. The lowest BCUT2D eigenvalue weighted by Gasteiger charge is -2.14. The van der Waals surface area contributed by atoms with Gasteiger partial charge in [-0.05, 0) is 31.9 Å². The van der Waals surface area contributed by atoms with Crippen molar-refractivity contribution >= 4 is 17.5 Å². The molecule has 6 heteroatoms. The van der Waals surface area contributed by atoms with Gasteiger partial charge in [0, 0.05) is 6.20 Å². The summed E-state index contributed by atoms with van der Waals surface area (Å²) >= 11 is 0. The molecular formula is C16H21N3O3. The molecule has 0 spiro atoms. The van der Waals surface area contributed by atoms with Gasteiger partial charge in [-0.2, -0.15) is 0 Å². The highest BCUT2D eigenvalue weighted by molar-refractivity contribution is 5.97. The number of carbonyl (C=O) groups is 2. The molecule has 1 atom stereocenters. The standard InChI is InChI=1S/C16H21N3O3/c1-4-5-6-12(16(21)22)18-15(20)14-11(3)17-13-8-7-10(2)9-19(13)14/h7-9,12H,4-6H2,1-3H3,(H,18,20)(H,21,22). The van der Waals surface area contributed by atoms with Crippen LogP contribution in [0.1, 0.15) is 47.9 Å². The van der Waals surface area contributed by atoms with Crippen LogP contribution in [0.25, 0.3) is 5.65 Å². The lowest BCUT2D eigenvalue weighted by Crippen LogP contribution is -2.41. The van der Waals surface area contributed by atoms with E-state index in [9.17, 15) is 14.7 Å². The van der Waals surface area contributed by atoms with Gasteiger partial charge in [0.15, 0.2) is 0 Å². The maximum absolute atomic E-state index is 12.5. The largest absolute Gasteiger partial charge is 0.480 e. The Balaban J connectivity index is 2.30. The van der Waals surface area contributed by atoms with Crippen LogP contribution in [0, 0.1) is 13.8 Å². The molecule has 2 heterocycles. The van der Waals surface area contributed by atoms with Gasteiger partial charge < -0.3 is 10.4 Å². The van der Waals surface area contributed by atoms with Crippen LogP contribution >= 0.6 is 0 Å². The lowest BCUT2D eigenvalue weighted by atomic mass is 10.1. The molecule has 6 nitrogen and oxygen atoms in total. The second-order valence-electron chi connectivity index (χ2n) is 5.49. The number of fused-ring (bicyclic) bond motifs is 1. The van der Waals surface area contributed by atoms with E-state index in [0.29, 0.717) is 23.5 Å². The minimum Gasteiger partial charge on any atom is -0.480 e. The minimum absolute atomic E-state index is 0.390. The van der Waals surface area contributed by atoms with Crippen molar-refractivity contribution in [1.82, 2.24) is 14.7 Å².